The van der Waals surface area contributed by atoms with Crippen molar-refractivity contribution in [3.63, 3.8) is 0 Å². The molecule has 1 aliphatic rings. The number of hydrogen-bond acceptors (Lipinski definition) is 4. The molecule has 1 aromatic heterocycles. The van der Waals surface area contributed by atoms with Crippen LogP contribution in [0.25, 0.3) is 5.69 Å². The number of carbonyl (C=O) groups is 1. The molecule has 0 N–H and O–H groups in total. The molecule has 1 unspecified atom stereocenters. The third kappa shape index (κ3) is 3.33. The highest BCUT2D eigenvalue weighted by Crippen LogP contribution is 2.24. The molecule has 6 nitrogen and oxygen atoms in total. The van der Waals surface area contributed by atoms with E-state index >= 15 is 0 Å². The summed E-state index contributed by atoms with van der Waals surface area (Å²) in [4.78, 5) is 14.9. The molecule has 1 aliphatic heterocycles. The van der Waals surface area contributed by atoms with Crippen LogP contribution in [0.2, 0.25) is 0 Å². The molecule has 26 heavy (non-hydrogen) atoms. The Bertz CT molecular complexity index is 895. The van der Waals surface area contributed by atoms with E-state index in [0.29, 0.717) is 5.56 Å². The monoisotopic (exact) mass is 351 g/mol. The average molecular weight is 351 g/mol. The second kappa shape index (κ2) is 7.03. The van der Waals surface area contributed by atoms with E-state index in [0.717, 1.165) is 37.1 Å². The summed E-state index contributed by atoms with van der Waals surface area (Å²) in [6, 6.07) is 13.9. The number of aromatic nitrogens is 4. The maximum atomic E-state index is 13.1. The Morgan fingerprint density at radius 1 is 1.19 bits per heavy atom. The fraction of sp³-hybridized carbons (Fsp3) is 0.263. The predicted octanol–water partition coefficient (Wildman–Crippen LogP) is 2.65. The number of tetrazole rings is 1. The van der Waals surface area contributed by atoms with Crippen LogP contribution in [0.4, 0.5) is 4.39 Å². The van der Waals surface area contributed by atoms with Gasteiger partial charge in [0.2, 0.25) is 0 Å². The van der Waals surface area contributed by atoms with Gasteiger partial charge in [0.15, 0.2) is 0 Å². The van der Waals surface area contributed by atoms with E-state index in [1.165, 1.54) is 23.1 Å². The molecule has 1 atom stereocenters. The summed E-state index contributed by atoms with van der Waals surface area (Å²) in [7, 11) is 0. The van der Waals surface area contributed by atoms with Crippen LogP contribution in [-0.4, -0.2) is 43.6 Å². The molecule has 0 radical (unpaired) electrons. The number of rotatable bonds is 4. The van der Waals surface area contributed by atoms with E-state index in [-0.39, 0.29) is 17.8 Å². The van der Waals surface area contributed by atoms with E-state index in [1.807, 2.05) is 23.1 Å². The molecule has 1 amide bonds. The Labute approximate surface area is 150 Å². The van der Waals surface area contributed by atoms with E-state index in [9.17, 15) is 9.18 Å². The molecule has 0 aliphatic carbocycles. The van der Waals surface area contributed by atoms with E-state index in [2.05, 4.69) is 15.5 Å². The minimum Gasteiger partial charge on any atom is -0.335 e. The van der Waals surface area contributed by atoms with Crippen LogP contribution in [0.5, 0.6) is 0 Å². The van der Waals surface area contributed by atoms with E-state index in [4.69, 9.17) is 0 Å². The van der Waals surface area contributed by atoms with Gasteiger partial charge in [0.25, 0.3) is 5.91 Å². The molecule has 7 heteroatoms. The maximum absolute atomic E-state index is 13.1. The summed E-state index contributed by atoms with van der Waals surface area (Å²) in [6.07, 6.45) is 4.16. The molecule has 1 fully saturated rings. The number of hydrogen-bond donors (Lipinski definition) is 0. The van der Waals surface area contributed by atoms with Gasteiger partial charge >= 0.3 is 0 Å². The lowest BCUT2D eigenvalue weighted by Crippen LogP contribution is -2.36. The van der Waals surface area contributed by atoms with Crippen molar-refractivity contribution >= 4 is 5.91 Å². The highest BCUT2D eigenvalue weighted by Gasteiger charge is 2.29. The molecule has 3 aromatic rings. The topological polar surface area (TPSA) is 63.9 Å². The first-order valence-corrected chi connectivity index (χ1v) is 8.59. The van der Waals surface area contributed by atoms with Gasteiger partial charge in [0.05, 0.1) is 5.69 Å². The largest absolute Gasteiger partial charge is 0.335 e. The van der Waals surface area contributed by atoms with Crippen molar-refractivity contribution in [1.29, 1.82) is 0 Å². The fourth-order valence-corrected chi connectivity index (χ4v) is 3.43. The quantitative estimate of drug-likeness (QED) is 0.725. The predicted molar refractivity (Wildman–Crippen MR) is 93.3 cm³/mol. The zero-order chi connectivity index (χ0) is 17.9. The summed E-state index contributed by atoms with van der Waals surface area (Å²) < 4.78 is 14.6. The molecular formula is C19H18FN5O. The van der Waals surface area contributed by atoms with Crippen LogP contribution in [0.15, 0.2) is 54.9 Å². The van der Waals surface area contributed by atoms with Crippen molar-refractivity contribution in [2.45, 2.75) is 25.3 Å². The van der Waals surface area contributed by atoms with Crippen LogP contribution in [0.3, 0.4) is 0 Å². The zero-order valence-corrected chi connectivity index (χ0v) is 14.1. The van der Waals surface area contributed by atoms with Crippen molar-refractivity contribution in [3.05, 3.63) is 71.8 Å². The van der Waals surface area contributed by atoms with Crippen LogP contribution < -0.4 is 0 Å². The first kappa shape index (κ1) is 16.4. The van der Waals surface area contributed by atoms with Gasteiger partial charge in [-0.25, -0.2) is 9.07 Å². The summed E-state index contributed by atoms with van der Waals surface area (Å²) in [5, 5.41) is 11.1. The Hall–Kier alpha value is -3.09. The molecular weight excluding hydrogens is 333 g/mol. The van der Waals surface area contributed by atoms with E-state index < -0.39 is 0 Å². The van der Waals surface area contributed by atoms with Crippen LogP contribution >= 0.6 is 0 Å². The second-order valence-electron chi connectivity index (χ2n) is 6.43. The SMILES string of the molecule is O=C(c1cccc(-n2cnnn2)c1)N1CCCC1Cc1ccc(F)cc1. The van der Waals surface area contributed by atoms with Crippen LogP contribution in [0.1, 0.15) is 28.8 Å². The molecule has 4 rings (SSSR count). The molecule has 0 saturated carbocycles. The molecule has 2 aromatic carbocycles. The molecule has 2 heterocycles. The van der Waals surface area contributed by atoms with Crippen LogP contribution in [-0.2, 0) is 6.42 Å². The summed E-state index contributed by atoms with van der Waals surface area (Å²) >= 11 is 0. The van der Waals surface area contributed by atoms with Crippen molar-refractivity contribution in [1.82, 2.24) is 25.1 Å². The van der Waals surface area contributed by atoms with Crippen LogP contribution in [0, 0.1) is 5.82 Å². The van der Waals surface area contributed by atoms with Gasteiger partial charge in [0, 0.05) is 18.2 Å². The lowest BCUT2D eigenvalue weighted by molar-refractivity contribution is 0.0736. The Kier molecular flexibility index (Phi) is 4.43. The first-order valence-electron chi connectivity index (χ1n) is 8.59. The minimum absolute atomic E-state index is 0.00420. The Morgan fingerprint density at radius 3 is 2.81 bits per heavy atom. The minimum atomic E-state index is -0.243. The van der Waals surface area contributed by atoms with Crippen molar-refractivity contribution in [2.75, 3.05) is 6.54 Å². The van der Waals surface area contributed by atoms with Gasteiger partial charge in [-0.1, -0.05) is 18.2 Å². The second-order valence-corrected chi connectivity index (χ2v) is 6.43. The van der Waals surface area contributed by atoms with Gasteiger partial charge in [0.1, 0.15) is 12.1 Å². The third-order valence-electron chi connectivity index (χ3n) is 4.73. The maximum Gasteiger partial charge on any atom is 0.254 e. The summed E-state index contributed by atoms with van der Waals surface area (Å²) in [5.41, 5.74) is 2.40. The molecule has 132 valence electrons. The lowest BCUT2D eigenvalue weighted by atomic mass is 10.0. The van der Waals surface area contributed by atoms with Crippen molar-refractivity contribution in [2.24, 2.45) is 0 Å². The number of benzene rings is 2. The van der Waals surface area contributed by atoms with Gasteiger partial charge in [-0.2, -0.15) is 0 Å². The van der Waals surface area contributed by atoms with E-state index in [1.54, 1.807) is 18.2 Å². The summed E-state index contributed by atoms with van der Waals surface area (Å²) in [5.74, 6) is -0.239. The molecule has 0 spiro atoms. The number of likely N-dealkylation sites (tertiary alicyclic amines) is 1. The number of amides is 1. The molecule has 1 saturated heterocycles. The smallest absolute Gasteiger partial charge is 0.254 e. The average Bonchev–Trinajstić information content (AvgIpc) is 3.35. The van der Waals surface area contributed by atoms with Crippen molar-refractivity contribution in [3.8, 4) is 5.69 Å². The summed E-state index contributed by atoms with van der Waals surface area (Å²) in [6.45, 7) is 0.736. The van der Waals surface area contributed by atoms with Crippen molar-refractivity contribution < 1.29 is 9.18 Å². The molecule has 0 bridgehead atoms. The normalized spacial score (nSPS) is 16.8. The number of nitrogens with zero attached hydrogens (tertiary/aromatic N) is 5. The van der Waals surface area contributed by atoms with Gasteiger partial charge in [-0.3, -0.25) is 4.79 Å². The highest BCUT2D eigenvalue weighted by molar-refractivity contribution is 5.95. The Balaban J connectivity index is 1.53. The standard InChI is InChI=1S/C19H18FN5O/c20-16-8-6-14(7-9-16)11-17-5-2-10-24(17)19(26)15-3-1-4-18(12-15)25-13-21-22-23-25/h1,3-4,6-9,12-13,17H,2,5,10-11H2. The lowest BCUT2D eigenvalue weighted by Gasteiger charge is -2.25. The third-order valence-corrected chi connectivity index (χ3v) is 4.73. The van der Waals surface area contributed by atoms with Gasteiger partial charge in [-0.15, -0.1) is 5.10 Å². The first-order chi connectivity index (χ1) is 12.7. The Morgan fingerprint density at radius 2 is 2.04 bits per heavy atom. The van der Waals surface area contributed by atoms with Gasteiger partial charge < -0.3 is 4.90 Å². The zero-order valence-electron chi connectivity index (χ0n) is 14.1. The fourth-order valence-electron chi connectivity index (χ4n) is 3.43. The number of carbonyl (C=O) groups excluding carboxylic acids is 1. The highest BCUT2D eigenvalue weighted by atomic mass is 19.1. The number of halogens is 1. The van der Waals surface area contributed by atoms with Gasteiger partial charge in [-0.05, 0) is 65.6 Å².